The van der Waals surface area contributed by atoms with Gasteiger partial charge in [-0.3, -0.25) is 0 Å². The average Bonchev–Trinajstić information content (AvgIpc) is 2.35. The largest absolute Gasteiger partial charge is 0.385 e. The second kappa shape index (κ2) is 8.23. The SMILES string of the molecule is CCNC1CCC(C(C)(C)C)CC1OCCCOC. The van der Waals surface area contributed by atoms with Gasteiger partial charge in [-0.25, -0.2) is 0 Å². The van der Waals surface area contributed by atoms with E-state index in [9.17, 15) is 0 Å². The maximum absolute atomic E-state index is 6.13. The molecule has 0 radical (unpaired) electrons. The van der Waals surface area contributed by atoms with Crippen LogP contribution in [0.15, 0.2) is 0 Å². The number of ether oxygens (including phenoxy) is 2. The molecule has 114 valence electrons. The van der Waals surface area contributed by atoms with E-state index in [0.717, 1.165) is 32.1 Å². The van der Waals surface area contributed by atoms with Gasteiger partial charge in [-0.2, -0.15) is 0 Å². The van der Waals surface area contributed by atoms with Crippen molar-refractivity contribution in [1.82, 2.24) is 5.32 Å². The van der Waals surface area contributed by atoms with Crippen molar-refractivity contribution in [2.45, 2.75) is 65.5 Å². The van der Waals surface area contributed by atoms with Gasteiger partial charge in [0.05, 0.1) is 6.10 Å². The lowest BCUT2D eigenvalue weighted by Gasteiger charge is -2.42. The summed E-state index contributed by atoms with van der Waals surface area (Å²) < 4.78 is 11.2. The molecule has 1 saturated carbocycles. The zero-order valence-corrected chi connectivity index (χ0v) is 13.5. The van der Waals surface area contributed by atoms with Crippen molar-refractivity contribution >= 4 is 0 Å². The van der Waals surface area contributed by atoms with Crippen LogP contribution in [0.3, 0.4) is 0 Å². The summed E-state index contributed by atoms with van der Waals surface area (Å²) in [5.41, 5.74) is 0.394. The van der Waals surface area contributed by atoms with Crippen LogP contribution in [-0.4, -0.2) is 39.0 Å². The summed E-state index contributed by atoms with van der Waals surface area (Å²) in [5, 5.41) is 3.59. The Morgan fingerprint density at radius 1 is 1.16 bits per heavy atom. The third kappa shape index (κ3) is 5.80. The summed E-state index contributed by atoms with van der Waals surface area (Å²) in [4.78, 5) is 0. The molecule has 0 saturated heterocycles. The second-order valence-electron chi connectivity index (χ2n) is 6.80. The highest BCUT2D eigenvalue weighted by Gasteiger charge is 2.35. The van der Waals surface area contributed by atoms with Crippen LogP contribution >= 0.6 is 0 Å². The van der Waals surface area contributed by atoms with Gasteiger partial charge < -0.3 is 14.8 Å². The fraction of sp³-hybridized carbons (Fsp3) is 1.00. The van der Waals surface area contributed by atoms with Crippen LogP contribution in [0.25, 0.3) is 0 Å². The van der Waals surface area contributed by atoms with E-state index >= 15 is 0 Å². The smallest absolute Gasteiger partial charge is 0.0730 e. The van der Waals surface area contributed by atoms with Crippen molar-refractivity contribution in [2.24, 2.45) is 11.3 Å². The monoisotopic (exact) mass is 271 g/mol. The summed E-state index contributed by atoms with van der Waals surface area (Å²) in [6.07, 6.45) is 5.11. The third-order valence-corrected chi connectivity index (χ3v) is 4.31. The van der Waals surface area contributed by atoms with Gasteiger partial charge in [-0.05, 0) is 43.6 Å². The van der Waals surface area contributed by atoms with E-state index in [2.05, 4.69) is 33.0 Å². The molecule has 0 amide bonds. The highest BCUT2D eigenvalue weighted by molar-refractivity contribution is 4.89. The lowest BCUT2D eigenvalue weighted by atomic mass is 9.70. The van der Waals surface area contributed by atoms with Crippen molar-refractivity contribution in [3.8, 4) is 0 Å². The topological polar surface area (TPSA) is 30.5 Å². The Bertz CT molecular complexity index is 237. The molecule has 0 heterocycles. The van der Waals surface area contributed by atoms with Gasteiger partial charge in [-0.1, -0.05) is 27.7 Å². The molecule has 0 spiro atoms. The minimum atomic E-state index is 0.370. The molecular formula is C16H33NO2. The van der Waals surface area contributed by atoms with Gasteiger partial charge in [0.25, 0.3) is 0 Å². The van der Waals surface area contributed by atoms with Crippen molar-refractivity contribution in [3.63, 3.8) is 0 Å². The standard InChI is InChI=1S/C16H33NO2/c1-6-17-14-9-8-13(16(2,3)4)12-15(14)19-11-7-10-18-5/h13-15,17H,6-12H2,1-5H3. The normalized spacial score (nSPS) is 28.6. The van der Waals surface area contributed by atoms with E-state index in [1.807, 2.05) is 0 Å². The number of methoxy groups -OCH3 is 1. The van der Waals surface area contributed by atoms with Crippen LogP contribution in [0.5, 0.6) is 0 Å². The van der Waals surface area contributed by atoms with Crippen LogP contribution in [0.1, 0.15) is 53.4 Å². The highest BCUT2D eigenvalue weighted by atomic mass is 16.5. The van der Waals surface area contributed by atoms with Crippen LogP contribution in [-0.2, 0) is 9.47 Å². The van der Waals surface area contributed by atoms with Gasteiger partial charge in [-0.15, -0.1) is 0 Å². The van der Waals surface area contributed by atoms with Crippen molar-refractivity contribution in [1.29, 1.82) is 0 Å². The molecule has 0 bridgehead atoms. The van der Waals surface area contributed by atoms with E-state index in [1.54, 1.807) is 7.11 Å². The van der Waals surface area contributed by atoms with Gasteiger partial charge in [0, 0.05) is 26.4 Å². The van der Waals surface area contributed by atoms with Gasteiger partial charge >= 0.3 is 0 Å². The Morgan fingerprint density at radius 2 is 1.89 bits per heavy atom. The first-order valence-electron chi connectivity index (χ1n) is 7.83. The fourth-order valence-electron chi connectivity index (χ4n) is 3.03. The van der Waals surface area contributed by atoms with E-state index in [0.29, 0.717) is 17.6 Å². The predicted molar refractivity (Wildman–Crippen MR) is 80.5 cm³/mol. The summed E-state index contributed by atoms with van der Waals surface area (Å²) in [7, 11) is 1.75. The minimum Gasteiger partial charge on any atom is -0.385 e. The van der Waals surface area contributed by atoms with Crippen LogP contribution in [0.4, 0.5) is 0 Å². The molecule has 0 aliphatic heterocycles. The maximum Gasteiger partial charge on any atom is 0.0730 e. The van der Waals surface area contributed by atoms with Gasteiger partial charge in [0.1, 0.15) is 0 Å². The van der Waals surface area contributed by atoms with Gasteiger partial charge in [0.15, 0.2) is 0 Å². The zero-order chi connectivity index (χ0) is 14.3. The summed E-state index contributed by atoms with van der Waals surface area (Å²) in [5.74, 6) is 0.773. The number of rotatable bonds is 7. The van der Waals surface area contributed by atoms with Crippen molar-refractivity contribution in [3.05, 3.63) is 0 Å². The average molecular weight is 271 g/mol. The number of hydrogen-bond acceptors (Lipinski definition) is 3. The van der Waals surface area contributed by atoms with E-state index in [4.69, 9.17) is 9.47 Å². The lowest BCUT2D eigenvalue weighted by Crippen LogP contribution is -2.47. The molecule has 1 aliphatic carbocycles. The number of likely N-dealkylation sites (N-methyl/N-ethyl adjacent to an activating group) is 1. The summed E-state index contributed by atoms with van der Waals surface area (Å²) in [6, 6.07) is 0.533. The van der Waals surface area contributed by atoms with E-state index in [-0.39, 0.29) is 0 Å². The Morgan fingerprint density at radius 3 is 2.47 bits per heavy atom. The highest BCUT2D eigenvalue weighted by Crippen LogP contribution is 2.38. The third-order valence-electron chi connectivity index (χ3n) is 4.31. The second-order valence-corrected chi connectivity index (χ2v) is 6.80. The number of nitrogens with one attached hydrogen (secondary N) is 1. The molecule has 19 heavy (non-hydrogen) atoms. The Labute approximate surface area is 119 Å². The fourth-order valence-corrected chi connectivity index (χ4v) is 3.03. The molecular weight excluding hydrogens is 238 g/mol. The minimum absolute atomic E-state index is 0.370. The predicted octanol–water partition coefficient (Wildman–Crippen LogP) is 3.23. The van der Waals surface area contributed by atoms with E-state index < -0.39 is 0 Å². The first-order chi connectivity index (χ1) is 8.99. The molecule has 1 rings (SSSR count). The zero-order valence-electron chi connectivity index (χ0n) is 13.5. The van der Waals surface area contributed by atoms with Crippen molar-refractivity contribution < 1.29 is 9.47 Å². The molecule has 3 atom stereocenters. The number of hydrogen-bond donors (Lipinski definition) is 1. The molecule has 1 N–H and O–H groups in total. The van der Waals surface area contributed by atoms with Crippen LogP contribution < -0.4 is 5.32 Å². The first-order valence-corrected chi connectivity index (χ1v) is 7.83. The van der Waals surface area contributed by atoms with Gasteiger partial charge in [0.2, 0.25) is 0 Å². The molecule has 3 heteroatoms. The molecule has 0 aromatic heterocycles. The molecule has 0 aromatic rings. The van der Waals surface area contributed by atoms with Crippen LogP contribution in [0.2, 0.25) is 0 Å². The molecule has 3 nitrogen and oxygen atoms in total. The molecule has 1 fully saturated rings. The molecule has 1 aliphatic rings. The Balaban J connectivity index is 2.48. The van der Waals surface area contributed by atoms with Crippen molar-refractivity contribution in [2.75, 3.05) is 26.9 Å². The molecule has 3 unspecified atom stereocenters. The lowest BCUT2D eigenvalue weighted by molar-refractivity contribution is -0.0323. The Kier molecular flexibility index (Phi) is 7.33. The Hall–Kier alpha value is -0.120. The van der Waals surface area contributed by atoms with E-state index in [1.165, 1.54) is 19.3 Å². The maximum atomic E-state index is 6.13. The molecule has 0 aromatic carbocycles. The first kappa shape index (κ1) is 16.9. The summed E-state index contributed by atoms with van der Waals surface area (Å²) >= 11 is 0. The quantitative estimate of drug-likeness (QED) is 0.721. The summed E-state index contributed by atoms with van der Waals surface area (Å²) in [6.45, 7) is 11.9. The van der Waals surface area contributed by atoms with Crippen LogP contribution in [0, 0.1) is 11.3 Å².